The molecule has 3 rings (SSSR count). The fourth-order valence-electron chi connectivity index (χ4n) is 2.91. The number of nitrogens with one attached hydrogen (secondary N) is 3. The highest BCUT2D eigenvalue weighted by atomic mass is 16.2. The normalized spacial score (nSPS) is 16.5. The molecule has 0 saturated carbocycles. The molecule has 1 saturated heterocycles. The molecule has 0 bridgehead atoms. The van der Waals surface area contributed by atoms with E-state index in [1.807, 2.05) is 13.8 Å². The average Bonchev–Trinajstić information content (AvgIpc) is 3.12. The van der Waals surface area contributed by atoms with E-state index in [1.54, 1.807) is 24.4 Å². The molecular formula is C16H19N5O3. The van der Waals surface area contributed by atoms with E-state index in [0.717, 1.165) is 15.8 Å². The second-order valence-corrected chi connectivity index (χ2v) is 5.83. The van der Waals surface area contributed by atoms with Crippen LogP contribution in [0.25, 0.3) is 10.9 Å². The molecule has 0 radical (unpaired) electrons. The van der Waals surface area contributed by atoms with Gasteiger partial charge in [-0.05, 0) is 31.0 Å². The Hall–Kier alpha value is -2.90. The van der Waals surface area contributed by atoms with Gasteiger partial charge >= 0.3 is 6.03 Å². The fourth-order valence-corrected chi connectivity index (χ4v) is 2.91. The molecule has 2 aromatic rings. The van der Waals surface area contributed by atoms with Gasteiger partial charge in [0.15, 0.2) is 0 Å². The smallest absolute Gasteiger partial charge is 0.325 e. The molecule has 1 aliphatic heterocycles. The van der Waals surface area contributed by atoms with Crippen molar-refractivity contribution < 1.29 is 14.4 Å². The third kappa shape index (κ3) is 2.60. The summed E-state index contributed by atoms with van der Waals surface area (Å²) >= 11 is 0. The number of carbonyl (C=O) groups is 3. The largest absolute Gasteiger partial charge is 0.325 e. The summed E-state index contributed by atoms with van der Waals surface area (Å²) in [5, 5.41) is 13.0. The number of nitrogens with zero attached hydrogens (tertiary/aromatic N) is 2. The molecule has 0 atom stereocenters. The number of aromatic nitrogens is 2. The van der Waals surface area contributed by atoms with Gasteiger partial charge in [-0.1, -0.05) is 13.8 Å². The molecule has 3 N–H and O–H groups in total. The number of rotatable bonds is 5. The number of carbonyl (C=O) groups excluding carboxylic acids is 3. The Morgan fingerprint density at radius 2 is 2.04 bits per heavy atom. The lowest BCUT2D eigenvalue weighted by molar-refractivity contribution is -0.134. The van der Waals surface area contributed by atoms with Gasteiger partial charge in [-0.3, -0.25) is 19.6 Å². The topological polar surface area (TPSA) is 107 Å². The predicted molar refractivity (Wildman–Crippen MR) is 88.3 cm³/mol. The molecule has 0 spiro atoms. The van der Waals surface area contributed by atoms with Crippen LogP contribution in [0.5, 0.6) is 0 Å². The number of hydrogen-bond acceptors (Lipinski definition) is 4. The number of aromatic amines is 1. The number of urea groups is 1. The summed E-state index contributed by atoms with van der Waals surface area (Å²) in [7, 11) is 0. The minimum absolute atomic E-state index is 0.310. The molecule has 8 nitrogen and oxygen atoms in total. The van der Waals surface area contributed by atoms with Crippen molar-refractivity contribution in [3.05, 3.63) is 24.4 Å². The number of hydrogen-bond donors (Lipinski definition) is 3. The zero-order valence-corrected chi connectivity index (χ0v) is 13.5. The fraction of sp³-hybridized carbons (Fsp3) is 0.375. The number of H-pyrrole nitrogens is 1. The quantitative estimate of drug-likeness (QED) is 0.724. The van der Waals surface area contributed by atoms with Crippen LogP contribution in [0.4, 0.5) is 10.5 Å². The molecular weight excluding hydrogens is 310 g/mol. The number of anilines is 1. The van der Waals surface area contributed by atoms with Crippen LogP contribution in [0.1, 0.15) is 26.7 Å². The lowest BCUT2D eigenvalue weighted by Gasteiger charge is -2.23. The van der Waals surface area contributed by atoms with Gasteiger partial charge in [-0.2, -0.15) is 5.10 Å². The molecule has 0 unspecified atom stereocenters. The minimum atomic E-state index is -0.896. The Labute approximate surface area is 138 Å². The van der Waals surface area contributed by atoms with Gasteiger partial charge in [0.25, 0.3) is 5.91 Å². The second kappa shape index (κ2) is 5.95. The standard InChI is InChI=1S/C16H19N5O3/c1-3-16(4-2)14(23)21(15(24)19-16)9-13(22)18-11-5-6-12-10(7-11)8-17-20-12/h5-8H,3-4,9H2,1-2H3,(H,17,20)(H,18,22)(H,19,24). The molecule has 8 heteroatoms. The summed E-state index contributed by atoms with van der Waals surface area (Å²) in [5.41, 5.74) is 0.545. The molecule has 1 fully saturated rings. The lowest BCUT2D eigenvalue weighted by atomic mass is 9.93. The number of benzene rings is 1. The lowest BCUT2D eigenvalue weighted by Crippen LogP contribution is -2.46. The van der Waals surface area contributed by atoms with Gasteiger partial charge in [0, 0.05) is 11.1 Å². The summed E-state index contributed by atoms with van der Waals surface area (Å²) in [6.45, 7) is 3.37. The van der Waals surface area contributed by atoms with E-state index in [4.69, 9.17) is 0 Å². The van der Waals surface area contributed by atoms with E-state index in [1.165, 1.54) is 0 Å². The first-order valence-electron chi connectivity index (χ1n) is 7.86. The molecule has 1 aliphatic rings. The van der Waals surface area contributed by atoms with Crippen molar-refractivity contribution in [1.29, 1.82) is 0 Å². The van der Waals surface area contributed by atoms with Crippen LogP contribution in [0.3, 0.4) is 0 Å². The van der Waals surface area contributed by atoms with Gasteiger partial charge in [0.05, 0.1) is 11.7 Å². The van der Waals surface area contributed by atoms with Crippen molar-refractivity contribution in [3.8, 4) is 0 Å². The van der Waals surface area contributed by atoms with Crippen LogP contribution in [0, 0.1) is 0 Å². The first kappa shape index (κ1) is 16.0. The summed E-state index contributed by atoms with van der Waals surface area (Å²) < 4.78 is 0. The van der Waals surface area contributed by atoms with E-state index in [2.05, 4.69) is 20.8 Å². The minimum Gasteiger partial charge on any atom is -0.325 e. The molecule has 126 valence electrons. The number of imide groups is 1. The van der Waals surface area contributed by atoms with Gasteiger partial charge < -0.3 is 10.6 Å². The van der Waals surface area contributed by atoms with E-state index in [0.29, 0.717) is 18.5 Å². The van der Waals surface area contributed by atoms with Crippen LogP contribution < -0.4 is 10.6 Å². The highest BCUT2D eigenvalue weighted by Crippen LogP contribution is 2.25. The first-order valence-corrected chi connectivity index (χ1v) is 7.86. The van der Waals surface area contributed by atoms with Crippen molar-refractivity contribution in [2.24, 2.45) is 0 Å². The maximum Gasteiger partial charge on any atom is 0.325 e. The summed E-state index contributed by atoms with van der Waals surface area (Å²) in [4.78, 5) is 37.7. The van der Waals surface area contributed by atoms with Gasteiger partial charge in [0.1, 0.15) is 12.1 Å². The van der Waals surface area contributed by atoms with Crippen LogP contribution in [0.15, 0.2) is 24.4 Å². The van der Waals surface area contributed by atoms with Crippen LogP contribution in [-0.2, 0) is 9.59 Å². The van der Waals surface area contributed by atoms with Crippen LogP contribution in [0.2, 0.25) is 0 Å². The Kier molecular flexibility index (Phi) is 3.96. The Morgan fingerprint density at radius 1 is 1.29 bits per heavy atom. The summed E-state index contributed by atoms with van der Waals surface area (Å²) in [6.07, 6.45) is 2.63. The molecule has 0 aliphatic carbocycles. The maximum atomic E-state index is 12.5. The predicted octanol–water partition coefficient (Wildman–Crippen LogP) is 1.61. The second-order valence-electron chi connectivity index (χ2n) is 5.83. The van der Waals surface area contributed by atoms with E-state index in [-0.39, 0.29) is 12.5 Å². The van der Waals surface area contributed by atoms with Gasteiger partial charge in [-0.15, -0.1) is 0 Å². The molecule has 2 heterocycles. The maximum absolute atomic E-state index is 12.5. The first-order chi connectivity index (χ1) is 11.5. The van der Waals surface area contributed by atoms with Crippen molar-refractivity contribution in [2.75, 3.05) is 11.9 Å². The number of amides is 4. The summed E-state index contributed by atoms with van der Waals surface area (Å²) in [5.74, 6) is -0.776. The van der Waals surface area contributed by atoms with Gasteiger partial charge in [0.2, 0.25) is 5.91 Å². The molecule has 4 amide bonds. The van der Waals surface area contributed by atoms with E-state index < -0.39 is 17.5 Å². The van der Waals surface area contributed by atoms with E-state index >= 15 is 0 Å². The average molecular weight is 329 g/mol. The zero-order chi connectivity index (χ0) is 17.3. The Balaban J connectivity index is 1.70. The highest BCUT2D eigenvalue weighted by molar-refractivity contribution is 6.10. The Bertz CT molecular complexity index is 809. The Morgan fingerprint density at radius 3 is 2.71 bits per heavy atom. The SMILES string of the molecule is CCC1(CC)NC(=O)N(CC(=O)Nc2ccc3[nH]ncc3c2)C1=O. The van der Waals surface area contributed by atoms with Gasteiger partial charge in [-0.25, -0.2) is 4.79 Å². The van der Waals surface area contributed by atoms with Crippen LogP contribution >= 0.6 is 0 Å². The van der Waals surface area contributed by atoms with Crippen molar-refractivity contribution >= 4 is 34.4 Å². The van der Waals surface area contributed by atoms with Crippen LogP contribution in [-0.4, -0.2) is 45.0 Å². The van der Waals surface area contributed by atoms with E-state index in [9.17, 15) is 14.4 Å². The van der Waals surface area contributed by atoms with Crippen molar-refractivity contribution in [1.82, 2.24) is 20.4 Å². The van der Waals surface area contributed by atoms with Crippen molar-refractivity contribution in [3.63, 3.8) is 0 Å². The number of fused-ring (bicyclic) bond motifs is 1. The molecule has 1 aromatic carbocycles. The van der Waals surface area contributed by atoms with Crippen molar-refractivity contribution in [2.45, 2.75) is 32.2 Å². The molecule has 24 heavy (non-hydrogen) atoms. The summed E-state index contributed by atoms with van der Waals surface area (Å²) in [6, 6.07) is 4.77. The third-order valence-electron chi connectivity index (χ3n) is 4.48. The highest BCUT2D eigenvalue weighted by Gasteiger charge is 2.49. The zero-order valence-electron chi connectivity index (χ0n) is 13.5. The molecule has 1 aromatic heterocycles. The monoisotopic (exact) mass is 329 g/mol. The third-order valence-corrected chi connectivity index (χ3v) is 4.48.